The summed E-state index contributed by atoms with van der Waals surface area (Å²) in [4.78, 5) is 19.3. The largest absolute Gasteiger partial charge is 0.478 e. The number of nitrogens with zero attached hydrogens (tertiary/aromatic N) is 2. The van der Waals surface area contributed by atoms with Crippen LogP contribution in [0, 0.1) is 0 Å². The summed E-state index contributed by atoms with van der Waals surface area (Å²) in [5.41, 5.74) is 6.58. The number of guanidine groups is 2. The second kappa shape index (κ2) is 7.28. The van der Waals surface area contributed by atoms with Crippen molar-refractivity contribution in [2.45, 2.75) is 19.3 Å². The molecule has 0 saturated carbocycles. The molecule has 0 atom stereocenters. The molecule has 0 unspecified atom stereocenters. The van der Waals surface area contributed by atoms with Gasteiger partial charge in [0.25, 0.3) is 0 Å². The highest BCUT2D eigenvalue weighted by Crippen LogP contribution is 2.10. The van der Waals surface area contributed by atoms with Crippen molar-refractivity contribution in [3.05, 3.63) is 29.8 Å². The summed E-state index contributed by atoms with van der Waals surface area (Å²) in [5.74, 6) is -0.289. The van der Waals surface area contributed by atoms with Crippen LogP contribution in [0.25, 0.3) is 0 Å². The number of hydrogen-bond donors (Lipinski definition) is 4. The highest BCUT2D eigenvalue weighted by Gasteiger charge is 2.06. The molecule has 112 valence electrons. The van der Waals surface area contributed by atoms with Crippen LogP contribution in [0.1, 0.15) is 29.6 Å². The number of aliphatic imine (C=N–C) groups is 2. The zero-order valence-electron chi connectivity index (χ0n) is 11.7. The van der Waals surface area contributed by atoms with Crippen LogP contribution < -0.4 is 16.4 Å². The molecule has 0 radical (unpaired) electrons. The van der Waals surface area contributed by atoms with Gasteiger partial charge in [-0.25, -0.2) is 4.79 Å². The molecule has 21 heavy (non-hydrogen) atoms. The van der Waals surface area contributed by atoms with Crippen molar-refractivity contribution in [1.82, 2.24) is 5.32 Å². The quantitative estimate of drug-likeness (QED) is 0.654. The smallest absolute Gasteiger partial charge is 0.335 e. The van der Waals surface area contributed by atoms with Gasteiger partial charge in [0.05, 0.1) is 5.56 Å². The SMILES string of the molecule is NC1=N/CCCCCN/C(Nc2cccc(C(=O)O)c2)=N\1. The molecule has 1 aliphatic heterocycles. The third-order valence-electron chi connectivity index (χ3n) is 3.00. The van der Waals surface area contributed by atoms with E-state index in [2.05, 4.69) is 20.6 Å². The normalized spacial score (nSPS) is 21.1. The molecule has 0 amide bonds. The van der Waals surface area contributed by atoms with Gasteiger partial charge in [-0.15, -0.1) is 0 Å². The van der Waals surface area contributed by atoms with E-state index in [4.69, 9.17) is 10.8 Å². The number of benzene rings is 1. The number of rotatable bonds is 2. The van der Waals surface area contributed by atoms with Crippen LogP contribution in [0.5, 0.6) is 0 Å². The molecule has 0 aliphatic carbocycles. The van der Waals surface area contributed by atoms with Gasteiger partial charge in [0.2, 0.25) is 11.9 Å². The Hall–Kier alpha value is -2.57. The maximum Gasteiger partial charge on any atom is 0.335 e. The Bertz CT molecular complexity index is 568. The lowest BCUT2D eigenvalue weighted by atomic mass is 10.2. The molecule has 1 aliphatic rings. The zero-order chi connectivity index (χ0) is 15.1. The number of hydrogen-bond acceptors (Lipinski definition) is 6. The molecule has 0 bridgehead atoms. The summed E-state index contributed by atoms with van der Waals surface area (Å²) in [5, 5.41) is 15.2. The number of aromatic carboxylic acids is 1. The molecule has 0 saturated heterocycles. The molecule has 7 nitrogen and oxygen atoms in total. The Morgan fingerprint density at radius 1 is 1.33 bits per heavy atom. The maximum atomic E-state index is 11.0. The van der Waals surface area contributed by atoms with Gasteiger partial charge in [-0.2, -0.15) is 4.99 Å². The fraction of sp³-hybridized carbons (Fsp3) is 0.357. The minimum Gasteiger partial charge on any atom is -0.478 e. The Labute approximate surface area is 123 Å². The fourth-order valence-corrected chi connectivity index (χ4v) is 1.94. The van der Waals surface area contributed by atoms with Gasteiger partial charge >= 0.3 is 5.97 Å². The molecule has 1 heterocycles. The topological polar surface area (TPSA) is 112 Å². The molecule has 0 spiro atoms. The van der Waals surface area contributed by atoms with Crippen molar-refractivity contribution in [3.8, 4) is 0 Å². The number of carboxylic acid groups (broad SMARTS) is 1. The van der Waals surface area contributed by atoms with Crippen LogP contribution in [0.2, 0.25) is 0 Å². The lowest BCUT2D eigenvalue weighted by Gasteiger charge is -2.13. The lowest BCUT2D eigenvalue weighted by Crippen LogP contribution is -2.34. The second-order valence-electron chi connectivity index (χ2n) is 4.70. The molecular formula is C14H19N5O2. The average Bonchev–Trinajstić information content (AvgIpc) is 2.46. The Morgan fingerprint density at radius 2 is 2.19 bits per heavy atom. The van der Waals surface area contributed by atoms with Crippen molar-refractivity contribution < 1.29 is 9.90 Å². The van der Waals surface area contributed by atoms with Crippen molar-refractivity contribution in [1.29, 1.82) is 0 Å². The summed E-state index contributed by atoms with van der Waals surface area (Å²) in [6.45, 7) is 1.45. The van der Waals surface area contributed by atoms with Crippen LogP contribution >= 0.6 is 0 Å². The van der Waals surface area contributed by atoms with Crippen LogP contribution in [0.3, 0.4) is 0 Å². The van der Waals surface area contributed by atoms with Gasteiger partial charge in [0.1, 0.15) is 0 Å². The van der Waals surface area contributed by atoms with E-state index in [-0.39, 0.29) is 11.5 Å². The van der Waals surface area contributed by atoms with E-state index in [0.29, 0.717) is 18.2 Å². The Morgan fingerprint density at radius 3 is 3.00 bits per heavy atom. The Kier molecular flexibility index (Phi) is 5.14. The predicted molar refractivity (Wildman–Crippen MR) is 82.8 cm³/mol. The number of carboxylic acids is 1. The first-order chi connectivity index (χ1) is 10.1. The standard InChI is InChI=1S/C14H19N5O2/c15-13-16-7-2-1-3-8-17-14(19-13)18-11-6-4-5-10(9-11)12(20)21/h4-6,9H,1-3,7-8H2,(H,20,21)(H4,15,16,17,18,19). The van der Waals surface area contributed by atoms with Gasteiger partial charge < -0.3 is 21.5 Å². The van der Waals surface area contributed by atoms with Crippen molar-refractivity contribution in [2.75, 3.05) is 18.4 Å². The molecule has 1 aromatic rings. The van der Waals surface area contributed by atoms with E-state index in [1.807, 2.05) is 0 Å². The lowest BCUT2D eigenvalue weighted by molar-refractivity contribution is 0.0697. The summed E-state index contributed by atoms with van der Waals surface area (Å²) in [6.07, 6.45) is 3.10. The number of nitrogens with two attached hydrogens (primary N) is 1. The third kappa shape index (κ3) is 4.79. The van der Waals surface area contributed by atoms with E-state index in [1.54, 1.807) is 18.2 Å². The Balaban J connectivity index is 2.16. The number of carbonyl (C=O) groups is 1. The monoisotopic (exact) mass is 289 g/mol. The second-order valence-corrected chi connectivity index (χ2v) is 4.70. The third-order valence-corrected chi connectivity index (χ3v) is 3.00. The fourth-order valence-electron chi connectivity index (χ4n) is 1.94. The predicted octanol–water partition coefficient (Wildman–Crippen LogP) is 1.24. The highest BCUT2D eigenvalue weighted by molar-refractivity contribution is 6.02. The zero-order valence-corrected chi connectivity index (χ0v) is 11.7. The van der Waals surface area contributed by atoms with Crippen LogP contribution in [0.4, 0.5) is 5.69 Å². The molecule has 7 heteroatoms. The van der Waals surface area contributed by atoms with Gasteiger partial charge in [-0.3, -0.25) is 4.99 Å². The molecule has 1 aromatic carbocycles. The highest BCUT2D eigenvalue weighted by atomic mass is 16.4. The van der Waals surface area contributed by atoms with Crippen molar-refractivity contribution >= 4 is 23.6 Å². The minimum absolute atomic E-state index is 0.210. The first kappa shape index (κ1) is 14.8. The molecule has 0 aromatic heterocycles. The van der Waals surface area contributed by atoms with E-state index in [1.165, 1.54) is 6.07 Å². The van der Waals surface area contributed by atoms with Crippen LogP contribution in [0.15, 0.2) is 34.3 Å². The van der Waals surface area contributed by atoms with Gasteiger partial charge in [-0.1, -0.05) is 6.07 Å². The molecule has 0 fully saturated rings. The summed E-state index contributed by atoms with van der Waals surface area (Å²) in [6, 6.07) is 6.51. The van der Waals surface area contributed by atoms with E-state index in [9.17, 15) is 4.79 Å². The minimum atomic E-state index is -0.972. The van der Waals surface area contributed by atoms with Gasteiger partial charge in [0, 0.05) is 18.8 Å². The molecule has 2 rings (SSSR count). The first-order valence-corrected chi connectivity index (χ1v) is 6.88. The van der Waals surface area contributed by atoms with E-state index in [0.717, 1.165) is 25.8 Å². The van der Waals surface area contributed by atoms with Crippen molar-refractivity contribution in [2.24, 2.45) is 15.7 Å². The van der Waals surface area contributed by atoms with E-state index < -0.39 is 5.97 Å². The summed E-state index contributed by atoms with van der Waals surface area (Å²) < 4.78 is 0. The summed E-state index contributed by atoms with van der Waals surface area (Å²) >= 11 is 0. The number of anilines is 1. The van der Waals surface area contributed by atoms with Crippen LogP contribution in [-0.2, 0) is 0 Å². The van der Waals surface area contributed by atoms with Crippen LogP contribution in [-0.4, -0.2) is 36.1 Å². The van der Waals surface area contributed by atoms with E-state index >= 15 is 0 Å². The molecular weight excluding hydrogens is 270 g/mol. The summed E-state index contributed by atoms with van der Waals surface area (Å²) in [7, 11) is 0. The average molecular weight is 289 g/mol. The van der Waals surface area contributed by atoms with Gasteiger partial charge in [0.15, 0.2) is 0 Å². The molecule has 5 N–H and O–H groups in total. The number of nitrogens with one attached hydrogen (secondary N) is 2. The van der Waals surface area contributed by atoms with Gasteiger partial charge in [-0.05, 0) is 37.5 Å². The van der Waals surface area contributed by atoms with Crippen molar-refractivity contribution in [3.63, 3.8) is 0 Å². The maximum absolute atomic E-state index is 11.0. The first-order valence-electron chi connectivity index (χ1n) is 6.88.